The molecule has 0 atom stereocenters. The van der Waals surface area contributed by atoms with Gasteiger partial charge in [0.05, 0.1) is 31.9 Å². The highest BCUT2D eigenvalue weighted by molar-refractivity contribution is 7.09. The fourth-order valence-corrected chi connectivity index (χ4v) is 5.67. The van der Waals surface area contributed by atoms with Crippen LogP contribution < -0.4 is 14.2 Å². The summed E-state index contributed by atoms with van der Waals surface area (Å²) in [5.74, 6) is 1.32. The molecule has 0 radical (unpaired) electrons. The molecule has 0 saturated carbocycles. The predicted molar refractivity (Wildman–Crippen MR) is 146 cm³/mol. The standard InChI is InChI=1S/C28H34N4O5S/c1-5-31(17-13-20-8-6-7-14-29-20)28(34)22-18-38-26(30-22)19-11-15-32(16-12-19)27(33)21-9-10-23(35-2)25(37-4)24(21)36-3/h6-10,14,18-19H,5,11-13,15-17H2,1-4H3. The maximum absolute atomic E-state index is 13.3. The molecular weight excluding hydrogens is 504 g/mol. The summed E-state index contributed by atoms with van der Waals surface area (Å²) in [4.78, 5) is 39.2. The van der Waals surface area contributed by atoms with E-state index >= 15 is 0 Å². The van der Waals surface area contributed by atoms with E-state index in [1.807, 2.05) is 40.3 Å². The number of nitrogens with zero attached hydrogens (tertiary/aromatic N) is 4. The lowest BCUT2D eigenvalue weighted by Gasteiger charge is -2.31. The first-order valence-electron chi connectivity index (χ1n) is 12.7. The number of hydrogen-bond acceptors (Lipinski definition) is 8. The molecule has 0 unspecified atom stereocenters. The van der Waals surface area contributed by atoms with Crippen LogP contribution in [0.4, 0.5) is 0 Å². The fourth-order valence-electron chi connectivity index (χ4n) is 4.70. The molecule has 202 valence electrons. The third-order valence-corrected chi connectivity index (χ3v) is 7.85. The zero-order valence-electron chi connectivity index (χ0n) is 22.3. The Kier molecular flexibility index (Phi) is 9.17. The SMILES string of the molecule is CCN(CCc1ccccn1)C(=O)c1csc(C2CCN(C(=O)c3ccc(OC)c(OC)c3OC)CC2)n1. The van der Waals surface area contributed by atoms with E-state index in [-0.39, 0.29) is 17.7 Å². The monoisotopic (exact) mass is 538 g/mol. The van der Waals surface area contributed by atoms with E-state index in [9.17, 15) is 9.59 Å². The van der Waals surface area contributed by atoms with Gasteiger partial charge in [-0.2, -0.15) is 0 Å². The molecule has 0 N–H and O–H groups in total. The zero-order chi connectivity index (χ0) is 27.1. The van der Waals surface area contributed by atoms with Crippen molar-refractivity contribution in [2.45, 2.75) is 32.1 Å². The molecule has 1 saturated heterocycles. The molecule has 2 amide bonds. The van der Waals surface area contributed by atoms with Gasteiger partial charge in [-0.15, -0.1) is 11.3 Å². The van der Waals surface area contributed by atoms with E-state index < -0.39 is 0 Å². The number of piperidine rings is 1. The smallest absolute Gasteiger partial charge is 0.273 e. The van der Waals surface area contributed by atoms with Gasteiger partial charge in [0.15, 0.2) is 11.5 Å². The van der Waals surface area contributed by atoms with E-state index in [1.165, 1.54) is 25.6 Å². The van der Waals surface area contributed by atoms with E-state index in [4.69, 9.17) is 19.2 Å². The number of thiazole rings is 1. The van der Waals surface area contributed by atoms with Crippen LogP contribution in [0, 0.1) is 0 Å². The molecule has 3 aromatic rings. The van der Waals surface area contributed by atoms with Gasteiger partial charge in [0.1, 0.15) is 5.69 Å². The van der Waals surface area contributed by atoms with Crippen molar-refractivity contribution in [3.05, 3.63) is 63.9 Å². The number of amides is 2. The van der Waals surface area contributed by atoms with Crippen LogP contribution in [0.25, 0.3) is 0 Å². The Morgan fingerprint density at radius 3 is 2.45 bits per heavy atom. The van der Waals surface area contributed by atoms with Crippen LogP contribution in [0.3, 0.4) is 0 Å². The normalized spacial score (nSPS) is 13.7. The topological polar surface area (TPSA) is 94.1 Å². The quantitative estimate of drug-likeness (QED) is 0.380. The summed E-state index contributed by atoms with van der Waals surface area (Å²) in [6, 6.07) is 9.23. The predicted octanol–water partition coefficient (Wildman–Crippen LogP) is 4.29. The lowest BCUT2D eigenvalue weighted by molar-refractivity contribution is 0.0708. The van der Waals surface area contributed by atoms with Gasteiger partial charge in [0.25, 0.3) is 11.8 Å². The molecule has 2 aromatic heterocycles. The number of likely N-dealkylation sites (N-methyl/N-ethyl adjacent to an activating group) is 1. The van der Waals surface area contributed by atoms with Crippen LogP contribution in [-0.2, 0) is 6.42 Å². The third-order valence-electron chi connectivity index (χ3n) is 6.84. The Balaban J connectivity index is 1.37. The highest BCUT2D eigenvalue weighted by Gasteiger charge is 2.30. The molecule has 1 aliphatic rings. The van der Waals surface area contributed by atoms with Gasteiger partial charge in [-0.25, -0.2) is 4.98 Å². The Morgan fingerprint density at radius 2 is 1.82 bits per heavy atom. The summed E-state index contributed by atoms with van der Waals surface area (Å²) in [6.45, 7) is 4.37. The lowest BCUT2D eigenvalue weighted by atomic mass is 9.96. The third kappa shape index (κ3) is 5.91. The van der Waals surface area contributed by atoms with Crippen molar-refractivity contribution in [2.75, 3.05) is 47.5 Å². The average molecular weight is 539 g/mol. The highest BCUT2D eigenvalue weighted by Crippen LogP contribution is 2.41. The van der Waals surface area contributed by atoms with E-state index in [0.29, 0.717) is 61.1 Å². The number of likely N-dealkylation sites (tertiary alicyclic amines) is 1. The molecular formula is C28H34N4O5S. The molecule has 1 fully saturated rings. The number of benzene rings is 1. The summed E-state index contributed by atoms with van der Waals surface area (Å²) < 4.78 is 16.3. The van der Waals surface area contributed by atoms with Crippen LogP contribution in [0.1, 0.15) is 57.2 Å². The zero-order valence-corrected chi connectivity index (χ0v) is 23.1. The first-order valence-corrected chi connectivity index (χ1v) is 13.6. The number of carbonyl (C=O) groups is 2. The van der Waals surface area contributed by atoms with Crippen LogP contribution in [0.15, 0.2) is 41.9 Å². The summed E-state index contributed by atoms with van der Waals surface area (Å²) in [5.41, 5.74) is 1.89. The van der Waals surface area contributed by atoms with Gasteiger partial charge in [0.2, 0.25) is 5.75 Å². The number of hydrogen-bond donors (Lipinski definition) is 0. The Bertz CT molecular complexity index is 1240. The maximum Gasteiger partial charge on any atom is 0.273 e. The molecule has 0 bridgehead atoms. The Labute approximate surface area is 227 Å². The molecule has 0 spiro atoms. The molecule has 1 aromatic carbocycles. The van der Waals surface area contributed by atoms with Crippen molar-refractivity contribution < 1.29 is 23.8 Å². The molecule has 1 aliphatic heterocycles. The van der Waals surface area contributed by atoms with E-state index in [1.54, 1.807) is 25.4 Å². The fraction of sp³-hybridized carbons (Fsp3) is 0.429. The van der Waals surface area contributed by atoms with Crippen molar-refractivity contribution in [3.8, 4) is 17.2 Å². The van der Waals surface area contributed by atoms with Crippen molar-refractivity contribution in [3.63, 3.8) is 0 Å². The number of ether oxygens (including phenoxy) is 3. The molecule has 0 aliphatic carbocycles. The van der Waals surface area contributed by atoms with Gasteiger partial charge < -0.3 is 24.0 Å². The lowest BCUT2D eigenvalue weighted by Crippen LogP contribution is -2.38. The molecule has 9 nitrogen and oxygen atoms in total. The molecule has 38 heavy (non-hydrogen) atoms. The summed E-state index contributed by atoms with van der Waals surface area (Å²) in [7, 11) is 4.58. The average Bonchev–Trinajstić information content (AvgIpc) is 3.47. The number of methoxy groups -OCH3 is 3. The number of rotatable bonds is 10. The number of pyridine rings is 1. The second kappa shape index (κ2) is 12.7. The summed E-state index contributed by atoms with van der Waals surface area (Å²) in [6.07, 6.45) is 4.03. The van der Waals surface area contributed by atoms with Crippen molar-refractivity contribution in [1.29, 1.82) is 0 Å². The van der Waals surface area contributed by atoms with Crippen LogP contribution in [0.5, 0.6) is 17.2 Å². The minimum absolute atomic E-state index is 0.0564. The first kappa shape index (κ1) is 27.4. The van der Waals surface area contributed by atoms with Crippen molar-refractivity contribution >= 4 is 23.2 Å². The van der Waals surface area contributed by atoms with Crippen LogP contribution in [0.2, 0.25) is 0 Å². The summed E-state index contributed by atoms with van der Waals surface area (Å²) >= 11 is 1.52. The van der Waals surface area contributed by atoms with Gasteiger partial charge in [-0.3, -0.25) is 14.6 Å². The van der Waals surface area contributed by atoms with Crippen LogP contribution in [-0.4, -0.2) is 79.1 Å². The maximum atomic E-state index is 13.3. The summed E-state index contributed by atoms with van der Waals surface area (Å²) in [5, 5.41) is 2.80. The minimum atomic E-state index is -0.109. The van der Waals surface area contributed by atoms with Gasteiger partial charge in [-0.05, 0) is 44.0 Å². The second-order valence-electron chi connectivity index (χ2n) is 8.98. The van der Waals surface area contributed by atoms with Crippen LogP contribution >= 0.6 is 11.3 Å². The largest absolute Gasteiger partial charge is 0.493 e. The number of carbonyl (C=O) groups excluding carboxylic acids is 2. The van der Waals surface area contributed by atoms with Crippen molar-refractivity contribution in [2.24, 2.45) is 0 Å². The van der Waals surface area contributed by atoms with Gasteiger partial charge in [-0.1, -0.05) is 6.07 Å². The first-order chi connectivity index (χ1) is 18.5. The second-order valence-corrected chi connectivity index (χ2v) is 9.86. The molecule has 3 heterocycles. The molecule has 4 rings (SSSR count). The highest BCUT2D eigenvalue weighted by atomic mass is 32.1. The van der Waals surface area contributed by atoms with E-state index in [0.717, 1.165) is 23.5 Å². The van der Waals surface area contributed by atoms with Gasteiger partial charge in [0, 0.05) is 55.8 Å². The Hall–Kier alpha value is -3.66. The van der Waals surface area contributed by atoms with E-state index in [2.05, 4.69) is 4.98 Å². The molecule has 10 heteroatoms. The minimum Gasteiger partial charge on any atom is -0.493 e. The van der Waals surface area contributed by atoms with Crippen molar-refractivity contribution in [1.82, 2.24) is 19.8 Å². The number of aromatic nitrogens is 2. The Morgan fingerprint density at radius 1 is 1.05 bits per heavy atom. The van der Waals surface area contributed by atoms with Gasteiger partial charge >= 0.3 is 0 Å².